The first-order valence-corrected chi connectivity index (χ1v) is 6.93. The van der Waals surface area contributed by atoms with Gasteiger partial charge in [0.2, 0.25) is 0 Å². The van der Waals surface area contributed by atoms with Crippen LogP contribution in [0.4, 0.5) is 10.8 Å². The van der Waals surface area contributed by atoms with Crippen LogP contribution in [-0.4, -0.2) is 35.5 Å². The van der Waals surface area contributed by atoms with Gasteiger partial charge in [-0.25, -0.2) is 0 Å². The molecule has 0 atom stereocenters. The highest BCUT2D eigenvalue weighted by Gasteiger charge is 2.36. The number of nitriles is 1. The largest absolute Gasteiger partial charge is 0.382 e. The third-order valence-electron chi connectivity index (χ3n) is 3.89. The lowest BCUT2D eigenvalue weighted by Crippen LogP contribution is -2.47. The van der Waals surface area contributed by atoms with Crippen LogP contribution < -0.4 is 11.1 Å². The Morgan fingerprint density at radius 2 is 2.17 bits per heavy atom. The SMILES string of the molecule is CN(C)C1(CNc2snc(N)c2C#N)CCCC1. The second-order valence-electron chi connectivity index (χ2n) is 5.06. The molecule has 1 heterocycles. The first kappa shape index (κ1) is 13.1. The van der Waals surface area contributed by atoms with E-state index < -0.39 is 0 Å². The molecular weight excluding hydrogens is 246 g/mol. The molecule has 0 amide bonds. The van der Waals surface area contributed by atoms with Gasteiger partial charge in [-0.3, -0.25) is 0 Å². The molecule has 5 nitrogen and oxygen atoms in total. The zero-order valence-electron chi connectivity index (χ0n) is 10.9. The lowest BCUT2D eigenvalue weighted by molar-refractivity contribution is 0.172. The number of nitrogen functional groups attached to an aromatic ring is 1. The number of aromatic nitrogens is 1. The first-order valence-electron chi connectivity index (χ1n) is 6.15. The normalized spacial score (nSPS) is 17.9. The Hall–Kier alpha value is -1.32. The number of nitrogens with zero attached hydrogens (tertiary/aromatic N) is 3. The molecule has 6 heteroatoms. The van der Waals surface area contributed by atoms with Gasteiger partial charge in [-0.2, -0.15) is 9.64 Å². The molecule has 0 aliphatic heterocycles. The van der Waals surface area contributed by atoms with Crippen molar-refractivity contribution in [2.75, 3.05) is 31.7 Å². The zero-order chi connectivity index (χ0) is 13.2. The van der Waals surface area contributed by atoms with Crippen LogP contribution in [0.2, 0.25) is 0 Å². The van der Waals surface area contributed by atoms with E-state index >= 15 is 0 Å². The number of anilines is 2. The predicted molar refractivity (Wildman–Crippen MR) is 74.6 cm³/mol. The van der Waals surface area contributed by atoms with E-state index in [2.05, 4.69) is 34.8 Å². The molecule has 1 aromatic rings. The number of likely N-dealkylation sites (N-methyl/N-ethyl adjacent to an activating group) is 1. The standard InChI is InChI=1S/C12H19N5S/c1-17(2)12(5-3-4-6-12)8-15-11-9(7-13)10(14)16-18-11/h15H,3-6,8H2,1-2H3,(H2,14,16). The molecule has 2 rings (SSSR count). The fraction of sp³-hybridized carbons (Fsp3) is 0.667. The van der Waals surface area contributed by atoms with Crippen molar-refractivity contribution >= 4 is 22.4 Å². The summed E-state index contributed by atoms with van der Waals surface area (Å²) in [6.45, 7) is 0.844. The zero-order valence-corrected chi connectivity index (χ0v) is 11.7. The van der Waals surface area contributed by atoms with E-state index in [-0.39, 0.29) is 5.54 Å². The summed E-state index contributed by atoms with van der Waals surface area (Å²) in [5.41, 5.74) is 6.33. The molecule has 0 aromatic carbocycles. The minimum Gasteiger partial charge on any atom is -0.382 e. The molecule has 0 spiro atoms. The lowest BCUT2D eigenvalue weighted by atomic mass is 9.96. The van der Waals surface area contributed by atoms with Gasteiger partial charge < -0.3 is 16.0 Å². The number of hydrogen-bond acceptors (Lipinski definition) is 6. The Kier molecular flexibility index (Phi) is 3.73. The van der Waals surface area contributed by atoms with Gasteiger partial charge in [-0.15, -0.1) is 0 Å². The quantitative estimate of drug-likeness (QED) is 0.869. The molecule has 0 saturated heterocycles. The molecular formula is C12H19N5S. The molecule has 1 fully saturated rings. The highest BCUT2D eigenvalue weighted by molar-refractivity contribution is 7.10. The van der Waals surface area contributed by atoms with Crippen LogP contribution in [0.5, 0.6) is 0 Å². The molecule has 98 valence electrons. The number of nitrogens with two attached hydrogens (primary N) is 1. The first-order chi connectivity index (χ1) is 8.59. The molecule has 1 aliphatic rings. The van der Waals surface area contributed by atoms with E-state index in [1.54, 1.807) is 0 Å². The van der Waals surface area contributed by atoms with Gasteiger partial charge in [-0.05, 0) is 38.5 Å². The minimum atomic E-state index is 0.200. The topological polar surface area (TPSA) is 78.0 Å². The number of hydrogen-bond donors (Lipinski definition) is 2. The molecule has 0 radical (unpaired) electrons. The second kappa shape index (κ2) is 5.12. The molecule has 1 aliphatic carbocycles. The Morgan fingerprint density at radius 1 is 1.50 bits per heavy atom. The van der Waals surface area contributed by atoms with Gasteiger partial charge in [0.1, 0.15) is 16.6 Å². The highest BCUT2D eigenvalue weighted by atomic mass is 32.1. The second-order valence-corrected chi connectivity index (χ2v) is 5.84. The van der Waals surface area contributed by atoms with Crippen molar-refractivity contribution < 1.29 is 0 Å². The fourth-order valence-corrected chi connectivity index (χ4v) is 3.25. The van der Waals surface area contributed by atoms with Crippen LogP contribution >= 0.6 is 11.5 Å². The van der Waals surface area contributed by atoms with Gasteiger partial charge in [0, 0.05) is 12.1 Å². The molecule has 1 saturated carbocycles. The average Bonchev–Trinajstić information content (AvgIpc) is 2.94. The van der Waals surface area contributed by atoms with Crippen LogP contribution in [0.25, 0.3) is 0 Å². The third kappa shape index (κ3) is 2.28. The number of rotatable bonds is 4. The third-order valence-corrected chi connectivity index (χ3v) is 4.71. The summed E-state index contributed by atoms with van der Waals surface area (Å²) in [5.74, 6) is 0.329. The highest BCUT2D eigenvalue weighted by Crippen LogP contribution is 2.35. The van der Waals surface area contributed by atoms with E-state index in [9.17, 15) is 0 Å². The summed E-state index contributed by atoms with van der Waals surface area (Å²) in [6, 6.07) is 2.11. The van der Waals surface area contributed by atoms with Crippen LogP contribution in [0.1, 0.15) is 31.2 Å². The van der Waals surface area contributed by atoms with E-state index in [1.165, 1.54) is 37.2 Å². The monoisotopic (exact) mass is 265 g/mol. The van der Waals surface area contributed by atoms with Crippen molar-refractivity contribution in [2.45, 2.75) is 31.2 Å². The Balaban J connectivity index is 2.09. The molecule has 1 aromatic heterocycles. The van der Waals surface area contributed by atoms with Crippen molar-refractivity contribution in [3.63, 3.8) is 0 Å². The summed E-state index contributed by atoms with van der Waals surface area (Å²) in [5, 5.41) is 13.2. The van der Waals surface area contributed by atoms with Crippen LogP contribution in [0.15, 0.2) is 0 Å². The summed E-state index contributed by atoms with van der Waals surface area (Å²) in [4.78, 5) is 2.30. The van der Waals surface area contributed by atoms with Crippen molar-refractivity contribution in [3.05, 3.63) is 5.56 Å². The molecule has 0 bridgehead atoms. The Labute approximate surface area is 112 Å². The van der Waals surface area contributed by atoms with E-state index in [0.29, 0.717) is 11.4 Å². The Bertz CT molecular complexity index is 454. The predicted octanol–water partition coefficient (Wildman–Crippen LogP) is 1.88. The summed E-state index contributed by atoms with van der Waals surface area (Å²) in [6.07, 6.45) is 4.94. The van der Waals surface area contributed by atoms with Gasteiger partial charge in [0.15, 0.2) is 5.82 Å². The van der Waals surface area contributed by atoms with E-state index in [4.69, 9.17) is 11.0 Å². The fourth-order valence-electron chi connectivity index (χ4n) is 2.59. The molecule has 18 heavy (non-hydrogen) atoms. The molecule has 3 N–H and O–H groups in total. The maximum atomic E-state index is 9.04. The summed E-state index contributed by atoms with van der Waals surface area (Å²) < 4.78 is 4.02. The minimum absolute atomic E-state index is 0.200. The van der Waals surface area contributed by atoms with Crippen molar-refractivity contribution in [1.82, 2.24) is 9.27 Å². The van der Waals surface area contributed by atoms with Gasteiger partial charge >= 0.3 is 0 Å². The van der Waals surface area contributed by atoms with E-state index in [0.717, 1.165) is 11.5 Å². The van der Waals surface area contributed by atoms with Crippen LogP contribution in [-0.2, 0) is 0 Å². The van der Waals surface area contributed by atoms with E-state index in [1.807, 2.05) is 0 Å². The summed E-state index contributed by atoms with van der Waals surface area (Å²) in [7, 11) is 4.25. The van der Waals surface area contributed by atoms with Crippen molar-refractivity contribution in [3.8, 4) is 6.07 Å². The lowest BCUT2D eigenvalue weighted by Gasteiger charge is -2.36. The van der Waals surface area contributed by atoms with Gasteiger partial charge in [0.05, 0.1) is 0 Å². The van der Waals surface area contributed by atoms with Crippen molar-refractivity contribution in [2.24, 2.45) is 0 Å². The van der Waals surface area contributed by atoms with Crippen LogP contribution in [0.3, 0.4) is 0 Å². The van der Waals surface area contributed by atoms with Gasteiger partial charge in [-0.1, -0.05) is 12.8 Å². The molecule has 0 unspecified atom stereocenters. The average molecular weight is 265 g/mol. The van der Waals surface area contributed by atoms with Gasteiger partial charge in [0.25, 0.3) is 0 Å². The Morgan fingerprint density at radius 3 is 2.72 bits per heavy atom. The maximum absolute atomic E-state index is 9.04. The van der Waals surface area contributed by atoms with Crippen LogP contribution in [0, 0.1) is 11.3 Å². The summed E-state index contributed by atoms with van der Waals surface area (Å²) >= 11 is 1.27. The smallest absolute Gasteiger partial charge is 0.157 e. The maximum Gasteiger partial charge on any atom is 0.157 e. The number of nitrogens with one attached hydrogen (secondary N) is 1. The van der Waals surface area contributed by atoms with Crippen molar-refractivity contribution in [1.29, 1.82) is 5.26 Å².